The molecule has 1 aromatic carbocycles. The van der Waals surface area contributed by atoms with Crippen molar-refractivity contribution in [1.29, 1.82) is 0 Å². The van der Waals surface area contributed by atoms with Gasteiger partial charge in [-0.2, -0.15) is 0 Å². The first-order chi connectivity index (χ1) is 11.2. The predicted octanol–water partition coefficient (Wildman–Crippen LogP) is 2.32. The highest BCUT2D eigenvalue weighted by molar-refractivity contribution is 5.94. The van der Waals surface area contributed by atoms with E-state index in [1.807, 2.05) is 30.3 Å². The summed E-state index contributed by atoms with van der Waals surface area (Å²) in [6, 6.07) is 12.9. The first-order valence-electron chi connectivity index (χ1n) is 7.60. The number of benzene rings is 1. The zero-order chi connectivity index (χ0) is 16.1. The van der Waals surface area contributed by atoms with E-state index >= 15 is 0 Å². The Labute approximate surface area is 134 Å². The van der Waals surface area contributed by atoms with Gasteiger partial charge >= 0.3 is 0 Å². The monoisotopic (exact) mass is 313 g/mol. The molecular formula is C17H19N3O3. The van der Waals surface area contributed by atoms with Gasteiger partial charge in [-0.15, -0.1) is 0 Å². The Morgan fingerprint density at radius 2 is 2.09 bits per heavy atom. The smallest absolute Gasteiger partial charge is 0.253 e. The molecule has 6 heteroatoms. The van der Waals surface area contributed by atoms with E-state index in [4.69, 9.17) is 15.2 Å². The van der Waals surface area contributed by atoms with Crippen molar-refractivity contribution in [3.63, 3.8) is 0 Å². The van der Waals surface area contributed by atoms with E-state index in [1.54, 1.807) is 18.3 Å². The second-order valence-electron chi connectivity index (χ2n) is 5.35. The molecule has 1 aliphatic heterocycles. The summed E-state index contributed by atoms with van der Waals surface area (Å²) in [4.78, 5) is 16.3. The fraction of sp³-hybridized carbons (Fsp3) is 0.294. The van der Waals surface area contributed by atoms with Gasteiger partial charge in [0.1, 0.15) is 11.9 Å². The number of hydrogen-bond acceptors (Lipinski definition) is 5. The van der Waals surface area contributed by atoms with E-state index in [0.29, 0.717) is 30.3 Å². The molecule has 1 aromatic heterocycles. The van der Waals surface area contributed by atoms with Gasteiger partial charge in [-0.1, -0.05) is 18.2 Å². The topological polar surface area (TPSA) is 86.5 Å². The maximum atomic E-state index is 12.1. The highest BCUT2D eigenvalue weighted by Gasteiger charge is 2.29. The molecule has 2 heterocycles. The van der Waals surface area contributed by atoms with Gasteiger partial charge in [-0.05, 0) is 31.0 Å². The van der Waals surface area contributed by atoms with Crippen molar-refractivity contribution in [3.05, 3.63) is 48.7 Å². The lowest BCUT2D eigenvalue weighted by Gasteiger charge is -2.12. The molecule has 6 nitrogen and oxygen atoms in total. The molecule has 0 unspecified atom stereocenters. The van der Waals surface area contributed by atoms with Crippen molar-refractivity contribution in [1.82, 2.24) is 4.98 Å². The molecule has 1 aliphatic rings. The molecule has 0 saturated carbocycles. The van der Waals surface area contributed by atoms with Crippen LogP contribution in [-0.2, 0) is 9.53 Å². The van der Waals surface area contributed by atoms with Crippen LogP contribution in [0.2, 0.25) is 0 Å². The Kier molecular flexibility index (Phi) is 4.85. The second-order valence-corrected chi connectivity index (χ2v) is 5.35. The number of nitrogens with two attached hydrogens (primary N) is 1. The fourth-order valence-electron chi connectivity index (χ4n) is 2.42. The molecule has 1 saturated heterocycles. The third-order valence-electron chi connectivity index (χ3n) is 3.63. The number of carbonyl (C=O) groups excluding carboxylic acids is 1. The summed E-state index contributed by atoms with van der Waals surface area (Å²) in [5.74, 6) is 1.01. The number of nitrogens with one attached hydrogen (secondary N) is 1. The van der Waals surface area contributed by atoms with Crippen molar-refractivity contribution < 1.29 is 14.3 Å². The quantitative estimate of drug-likeness (QED) is 0.884. The fourth-order valence-corrected chi connectivity index (χ4v) is 2.42. The van der Waals surface area contributed by atoms with Crippen LogP contribution < -0.4 is 15.8 Å². The number of para-hydroxylation sites is 1. The molecule has 0 bridgehead atoms. The minimum atomic E-state index is -0.441. The predicted molar refractivity (Wildman–Crippen MR) is 86.3 cm³/mol. The first kappa shape index (κ1) is 15.5. The summed E-state index contributed by atoms with van der Waals surface area (Å²) in [5.41, 5.74) is 6.15. The number of pyridine rings is 1. The van der Waals surface area contributed by atoms with Crippen LogP contribution in [0.1, 0.15) is 12.8 Å². The van der Waals surface area contributed by atoms with Crippen LogP contribution >= 0.6 is 0 Å². The molecule has 23 heavy (non-hydrogen) atoms. The normalized spacial score (nSPS) is 20.2. The molecule has 0 aliphatic carbocycles. The van der Waals surface area contributed by atoms with Crippen molar-refractivity contribution in [2.75, 3.05) is 11.9 Å². The zero-order valence-electron chi connectivity index (χ0n) is 12.6. The lowest BCUT2D eigenvalue weighted by atomic mass is 10.2. The highest BCUT2D eigenvalue weighted by Crippen LogP contribution is 2.22. The minimum absolute atomic E-state index is 0.0227. The summed E-state index contributed by atoms with van der Waals surface area (Å²) in [7, 11) is 0. The summed E-state index contributed by atoms with van der Waals surface area (Å²) in [6.45, 7) is 0.441. The Bertz CT molecular complexity index is 646. The molecule has 3 N–H and O–H groups in total. The number of ether oxygens (including phenoxy) is 2. The first-order valence-corrected chi connectivity index (χ1v) is 7.60. The summed E-state index contributed by atoms with van der Waals surface area (Å²) in [5, 5.41) is 2.80. The SMILES string of the molecule is NC[C@H]1CC[C@@H](C(=O)Nc2ccc(Oc3ccccc3)nc2)O1. The van der Waals surface area contributed by atoms with E-state index < -0.39 is 6.10 Å². The van der Waals surface area contributed by atoms with E-state index in [-0.39, 0.29) is 12.0 Å². The van der Waals surface area contributed by atoms with Crippen LogP contribution in [0, 0.1) is 0 Å². The zero-order valence-corrected chi connectivity index (χ0v) is 12.6. The van der Waals surface area contributed by atoms with Crippen LogP contribution in [0.5, 0.6) is 11.6 Å². The lowest BCUT2D eigenvalue weighted by molar-refractivity contribution is -0.126. The van der Waals surface area contributed by atoms with Crippen molar-refractivity contribution in [2.45, 2.75) is 25.0 Å². The Morgan fingerprint density at radius 3 is 2.74 bits per heavy atom. The molecule has 1 fully saturated rings. The van der Waals surface area contributed by atoms with Gasteiger partial charge < -0.3 is 20.5 Å². The number of carbonyl (C=O) groups is 1. The standard InChI is InChI=1S/C17H19N3O3/c18-10-14-7-8-15(22-14)17(21)20-12-6-9-16(19-11-12)23-13-4-2-1-3-5-13/h1-6,9,11,14-15H,7-8,10,18H2,(H,20,21)/t14-,15+/m1/s1. The minimum Gasteiger partial charge on any atom is -0.439 e. The summed E-state index contributed by atoms with van der Waals surface area (Å²) in [6.07, 6.45) is 2.60. The van der Waals surface area contributed by atoms with E-state index in [2.05, 4.69) is 10.3 Å². The maximum absolute atomic E-state index is 12.1. The van der Waals surface area contributed by atoms with Gasteiger partial charge in [0.2, 0.25) is 5.88 Å². The Hall–Kier alpha value is -2.44. The molecule has 3 rings (SSSR count). The van der Waals surface area contributed by atoms with E-state index in [9.17, 15) is 4.79 Å². The van der Waals surface area contributed by atoms with Gasteiger partial charge in [-0.3, -0.25) is 4.79 Å². The third-order valence-corrected chi connectivity index (χ3v) is 3.63. The van der Waals surface area contributed by atoms with Crippen LogP contribution in [0.3, 0.4) is 0 Å². The van der Waals surface area contributed by atoms with Crippen LogP contribution in [0.25, 0.3) is 0 Å². The molecule has 120 valence electrons. The molecular weight excluding hydrogens is 294 g/mol. The number of aromatic nitrogens is 1. The number of anilines is 1. The van der Waals surface area contributed by atoms with Crippen molar-refractivity contribution in [3.8, 4) is 11.6 Å². The lowest BCUT2D eigenvalue weighted by Crippen LogP contribution is -2.29. The molecule has 0 radical (unpaired) electrons. The van der Waals surface area contributed by atoms with Gasteiger partial charge in [0.05, 0.1) is 18.0 Å². The summed E-state index contributed by atoms with van der Waals surface area (Å²) < 4.78 is 11.2. The number of nitrogens with zero attached hydrogens (tertiary/aromatic N) is 1. The van der Waals surface area contributed by atoms with Crippen LogP contribution in [0.4, 0.5) is 5.69 Å². The number of amides is 1. The highest BCUT2D eigenvalue weighted by atomic mass is 16.5. The number of hydrogen-bond donors (Lipinski definition) is 2. The van der Waals surface area contributed by atoms with Gasteiger partial charge in [0.25, 0.3) is 5.91 Å². The molecule has 1 amide bonds. The van der Waals surface area contributed by atoms with E-state index in [1.165, 1.54) is 0 Å². The third kappa shape index (κ3) is 4.06. The van der Waals surface area contributed by atoms with Crippen LogP contribution in [-0.4, -0.2) is 29.6 Å². The molecule has 2 atom stereocenters. The average Bonchev–Trinajstić information content (AvgIpc) is 3.07. The largest absolute Gasteiger partial charge is 0.439 e. The molecule has 0 spiro atoms. The summed E-state index contributed by atoms with van der Waals surface area (Å²) >= 11 is 0. The van der Waals surface area contributed by atoms with Crippen molar-refractivity contribution >= 4 is 11.6 Å². The van der Waals surface area contributed by atoms with Crippen LogP contribution in [0.15, 0.2) is 48.7 Å². The average molecular weight is 313 g/mol. The second kappa shape index (κ2) is 7.21. The Morgan fingerprint density at radius 1 is 1.26 bits per heavy atom. The van der Waals surface area contributed by atoms with Gasteiger partial charge in [0.15, 0.2) is 0 Å². The number of rotatable bonds is 5. The van der Waals surface area contributed by atoms with Crippen molar-refractivity contribution in [2.24, 2.45) is 5.73 Å². The van der Waals surface area contributed by atoms with E-state index in [0.717, 1.165) is 6.42 Å². The molecule has 2 aromatic rings. The Balaban J connectivity index is 1.56. The maximum Gasteiger partial charge on any atom is 0.253 e. The van der Waals surface area contributed by atoms with Gasteiger partial charge in [0, 0.05) is 12.6 Å². The van der Waals surface area contributed by atoms with Gasteiger partial charge in [-0.25, -0.2) is 4.98 Å².